The second kappa shape index (κ2) is 19.2. The topological polar surface area (TPSA) is 160 Å². The van der Waals surface area contributed by atoms with Crippen LogP contribution in [0.2, 0.25) is 0 Å². The van der Waals surface area contributed by atoms with E-state index in [1.807, 2.05) is 0 Å². The summed E-state index contributed by atoms with van der Waals surface area (Å²) in [5.41, 5.74) is -0.0781. The van der Waals surface area contributed by atoms with Crippen LogP contribution >= 0.6 is 11.6 Å². The van der Waals surface area contributed by atoms with Gasteiger partial charge >= 0.3 is 23.8 Å². The van der Waals surface area contributed by atoms with E-state index in [9.17, 15) is 52.7 Å². The normalized spacial score (nSPS) is 13.1. The number of nitrogens with zero attached hydrogens (tertiary/aromatic N) is 10. The van der Waals surface area contributed by atoms with Crippen LogP contribution < -0.4 is 9.47 Å². The van der Waals surface area contributed by atoms with Crippen molar-refractivity contribution in [1.82, 2.24) is 49.1 Å². The van der Waals surface area contributed by atoms with Crippen molar-refractivity contribution in [2.45, 2.75) is 71.2 Å². The molecule has 0 aliphatic rings. The number of fused-ring (bicyclic) bond motifs is 2. The predicted octanol–water partition coefficient (Wildman–Crippen LogP) is 8.32. The number of aliphatic hydroxyl groups is 1. The van der Waals surface area contributed by atoms with Gasteiger partial charge in [-0.05, 0) is 51.4 Å². The zero-order valence-corrected chi connectivity index (χ0v) is 31.0. The highest BCUT2D eigenvalue weighted by molar-refractivity contribution is 6.21. The number of aromatic nitrogens is 10. The van der Waals surface area contributed by atoms with Crippen molar-refractivity contribution in [3.63, 3.8) is 0 Å². The highest BCUT2D eigenvalue weighted by Crippen LogP contribution is 2.33. The summed E-state index contributed by atoms with van der Waals surface area (Å²) < 4.78 is 173. The molecule has 6 rings (SSSR count). The molecule has 0 fully saturated rings. The molecule has 2 atom stereocenters. The Bertz CT molecular complexity index is 2360. The molecule has 0 amide bonds. The van der Waals surface area contributed by atoms with Crippen LogP contribution in [0.4, 0.5) is 52.7 Å². The lowest BCUT2D eigenvalue weighted by Gasteiger charge is -2.17. The van der Waals surface area contributed by atoms with Crippen LogP contribution in [0.5, 0.6) is 11.8 Å². The van der Waals surface area contributed by atoms with E-state index in [2.05, 4.69) is 54.5 Å². The first-order valence-electron chi connectivity index (χ1n) is 16.3. The highest BCUT2D eigenvalue weighted by atomic mass is 35.5. The molecule has 1 N–H and O–H groups in total. The summed E-state index contributed by atoms with van der Waals surface area (Å²) in [4.78, 5) is 14.9. The fourth-order valence-corrected chi connectivity index (χ4v) is 4.44. The number of aliphatic hydroxyl groups excluding tert-OH is 1. The van der Waals surface area contributed by atoms with Gasteiger partial charge in [0.05, 0.1) is 30.4 Å². The summed E-state index contributed by atoms with van der Waals surface area (Å²) in [6.07, 6.45) is -11.3. The zero-order chi connectivity index (χ0) is 44.1. The van der Waals surface area contributed by atoms with E-state index in [-0.39, 0.29) is 54.4 Å². The van der Waals surface area contributed by atoms with Gasteiger partial charge < -0.3 is 19.3 Å². The maximum Gasteiger partial charge on any atom is 0.425 e. The van der Waals surface area contributed by atoms with Gasteiger partial charge in [-0.15, -0.1) is 20.4 Å². The molecule has 6 heterocycles. The Balaban J connectivity index is 0.000000297. The van der Waals surface area contributed by atoms with Gasteiger partial charge in [-0.2, -0.15) is 43.9 Å². The van der Waals surface area contributed by atoms with Crippen LogP contribution in [-0.2, 0) is 16.2 Å². The Labute approximate surface area is 335 Å². The average molecular weight is 895 g/mol. The molecule has 328 valence electrons. The molecule has 0 aliphatic carbocycles. The van der Waals surface area contributed by atoms with Gasteiger partial charge in [0.1, 0.15) is 0 Å². The van der Waals surface area contributed by atoms with Gasteiger partial charge in [-0.25, -0.2) is 18.7 Å². The van der Waals surface area contributed by atoms with Crippen molar-refractivity contribution in [3.8, 4) is 34.3 Å². The minimum absolute atomic E-state index is 0. The fraction of sp³-hybridized carbons (Fsp3) is 0.394. The van der Waals surface area contributed by atoms with Crippen molar-refractivity contribution >= 4 is 22.9 Å². The predicted molar refractivity (Wildman–Crippen MR) is 185 cm³/mol. The summed E-state index contributed by atoms with van der Waals surface area (Å²) >= 11 is 4.95. The maximum atomic E-state index is 14.2. The van der Waals surface area contributed by atoms with Crippen molar-refractivity contribution < 1.29 is 72.0 Å². The molecule has 0 radical (unpaired) electrons. The lowest BCUT2D eigenvalue weighted by molar-refractivity contribution is -0.251. The van der Waals surface area contributed by atoms with E-state index >= 15 is 0 Å². The Kier molecular flexibility index (Phi) is 15.6. The number of halogens is 13. The van der Waals surface area contributed by atoms with E-state index < -0.39 is 71.1 Å². The number of pyridine rings is 2. The summed E-state index contributed by atoms with van der Waals surface area (Å²) in [5.74, 6) is -5.77. The van der Waals surface area contributed by atoms with Crippen LogP contribution in [0.1, 0.15) is 46.8 Å². The van der Waals surface area contributed by atoms with Crippen LogP contribution in [-0.4, -0.2) is 92.0 Å². The second-order valence-corrected chi connectivity index (χ2v) is 11.9. The van der Waals surface area contributed by atoms with Gasteiger partial charge in [-0.3, -0.25) is 18.8 Å². The first-order chi connectivity index (χ1) is 27.4. The molecular weight excluding hydrogens is 864 g/mol. The molecule has 0 spiro atoms. The molecule has 0 aromatic carbocycles. The van der Waals surface area contributed by atoms with E-state index in [0.29, 0.717) is 13.8 Å². The van der Waals surface area contributed by atoms with Gasteiger partial charge in [0.2, 0.25) is 11.6 Å². The van der Waals surface area contributed by atoms with Crippen LogP contribution in [0.3, 0.4) is 0 Å². The molecule has 0 aliphatic heterocycles. The van der Waals surface area contributed by atoms with Crippen LogP contribution in [0, 0.1) is 11.6 Å². The summed E-state index contributed by atoms with van der Waals surface area (Å²) in [5, 5.41) is 17.5. The van der Waals surface area contributed by atoms with Gasteiger partial charge in [0.15, 0.2) is 35.1 Å². The van der Waals surface area contributed by atoms with Crippen molar-refractivity contribution in [2.24, 2.45) is 0 Å². The molecule has 14 nitrogen and oxygen atoms in total. The first-order valence-corrected chi connectivity index (χ1v) is 16.7. The Morgan fingerprint density at radius 3 is 1.38 bits per heavy atom. The molecule has 0 saturated carbocycles. The Morgan fingerprint density at radius 2 is 1.03 bits per heavy atom. The number of hydrogen-bond donors (Lipinski definition) is 1. The lowest BCUT2D eigenvalue weighted by Crippen LogP contribution is -2.31. The molecule has 0 bridgehead atoms. The smallest absolute Gasteiger partial charge is 0.425 e. The lowest BCUT2D eigenvalue weighted by atomic mass is 10.2. The number of rotatable bonds is 10. The molecule has 60 heavy (non-hydrogen) atoms. The maximum absolute atomic E-state index is 14.2. The Hall–Kier alpha value is -5.63. The molecule has 6 aromatic rings. The average Bonchev–Trinajstić information content (AvgIpc) is 3.78. The van der Waals surface area contributed by atoms with E-state index in [0.717, 1.165) is 58.1 Å². The molecule has 27 heteroatoms. The molecule has 6 aromatic heterocycles. The summed E-state index contributed by atoms with van der Waals surface area (Å²) in [6.45, 7) is 4.43. The van der Waals surface area contributed by atoms with Crippen LogP contribution in [0.15, 0.2) is 49.3 Å². The number of ether oxygens (including phenoxy) is 3. The van der Waals surface area contributed by atoms with E-state index in [1.165, 1.54) is 6.92 Å². The minimum atomic E-state index is -4.70. The molecule has 0 unspecified atom stereocenters. The van der Waals surface area contributed by atoms with Gasteiger partial charge in [-0.1, -0.05) is 7.43 Å². The van der Waals surface area contributed by atoms with Crippen LogP contribution in [0.25, 0.3) is 33.8 Å². The SMILES string of the molecule is C.CCO.CCOC(F)(F)c1nnc2cnc(-c3cnc(O[C@H](C)C(F)(F)F)c(F)c3)cn12.C[C@@H](Oc1ncc(-c2cn3c(C(F)(F)Cl)nnc3cn2)cc1F)C(F)(F)F. The highest BCUT2D eigenvalue weighted by Gasteiger charge is 2.41. The quantitative estimate of drug-likeness (QED) is 0.104. The summed E-state index contributed by atoms with van der Waals surface area (Å²) in [7, 11) is 0. The first kappa shape index (κ1) is 48.7. The third-order valence-electron chi connectivity index (χ3n) is 7.13. The molecular formula is C33H31ClF12N10O4. The van der Waals surface area contributed by atoms with E-state index in [4.69, 9.17) is 16.7 Å². The van der Waals surface area contributed by atoms with Crippen molar-refractivity contribution in [1.29, 1.82) is 0 Å². The molecule has 0 saturated heterocycles. The standard InChI is InChI=1S/C16H13F6N5O2.C14H8ClF6N5O.C2H6O.CH4/c1-3-28-16(21,22)14-26-25-12-6-23-11(7-27(12)14)9-4-10(17)13(24-5-9)29-8(2)15(18,19)20;1-6(14(19,20)21)27-11-8(16)2-7(3-23-11)9-5-26-10(4-22-9)24-25-12(26)13(15,17)18;1-2-3;/h4-8H,3H2,1-2H3;2-6H,1H3;3H,2H2,1H3;1H4/t8-;6-;;/m11../s1. The zero-order valence-electron chi connectivity index (χ0n) is 30.2. The number of hydrogen-bond acceptors (Lipinski definition) is 12. The Morgan fingerprint density at radius 1 is 0.650 bits per heavy atom. The minimum Gasteiger partial charge on any atom is -0.463 e. The van der Waals surface area contributed by atoms with Crippen molar-refractivity contribution in [2.75, 3.05) is 13.2 Å². The second-order valence-electron chi connectivity index (χ2n) is 11.4. The largest absolute Gasteiger partial charge is 0.463 e. The van der Waals surface area contributed by atoms with E-state index in [1.54, 1.807) is 6.92 Å². The van der Waals surface area contributed by atoms with Crippen molar-refractivity contribution in [3.05, 3.63) is 72.6 Å². The third kappa shape index (κ3) is 11.8. The fourth-order valence-electron chi connectivity index (χ4n) is 4.31. The monoisotopic (exact) mass is 894 g/mol. The number of alkyl halides is 11. The third-order valence-corrected chi connectivity index (χ3v) is 7.30. The summed E-state index contributed by atoms with van der Waals surface area (Å²) in [6, 6.07) is 1.63. The van der Waals surface area contributed by atoms with Gasteiger partial charge in [0, 0.05) is 42.5 Å². The van der Waals surface area contributed by atoms with Gasteiger partial charge in [0.25, 0.3) is 11.8 Å².